The maximum absolute atomic E-state index is 14.8. The van der Waals surface area contributed by atoms with Crippen LogP contribution in [0.25, 0.3) is 5.65 Å². The molecular weight excluding hydrogens is 391 g/mol. The van der Waals surface area contributed by atoms with Gasteiger partial charge in [-0.1, -0.05) is 24.6 Å². The minimum atomic E-state index is -0.430. The summed E-state index contributed by atoms with van der Waals surface area (Å²) in [6.45, 7) is 6.27. The zero-order valence-electron chi connectivity index (χ0n) is 18.2. The fourth-order valence-corrected chi connectivity index (χ4v) is 5.51. The maximum atomic E-state index is 14.8. The molecule has 1 N–H and O–H groups in total. The van der Waals surface area contributed by atoms with Crippen LogP contribution in [0.15, 0.2) is 42.6 Å². The molecule has 2 aliphatic rings. The summed E-state index contributed by atoms with van der Waals surface area (Å²) in [5.74, 6) is -0.173. The van der Waals surface area contributed by atoms with Crippen LogP contribution in [0.4, 0.5) is 4.39 Å². The normalized spacial score (nSPS) is 24.6. The van der Waals surface area contributed by atoms with Gasteiger partial charge in [-0.15, -0.1) is 0 Å². The van der Waals surface area contributed by atoms with E-state index in [1.54, 1.807) is 6.07 Å². The third kappa shape index (κ3) is 3.63. The Kier molecular flexibility index (Phi) is 5.05. The van der Waals surface area contributed by atoms with Crippen molar-refractivity contribution in [2.45, 2.75) is 57.5 Å². The monoisotopic (exact) mass is 420 g/mol. The van der Waals surface area contributed by atoms with Gasteiger partial charge in [-0.25, -0.2) is 9.37 Å². The molecule has 1 aromatic carbocycles. The Morgan fingerprint density at radius 1 is 1.23 bits per heavy atom. The quantitative estimate of drug-likeness (QED) is 0.694. The Balaban J connectivity index is 1.51. The van der Waals surface area contributed by atoms with E-state index in [1.165, 1.54) is 11.6 Å². The van der Waals surface area contributed by atoms with Crippen LogP contribution in [-0.4, -0.2) is 38.8 Å². The van der Waals surface area contributed by atoms with Crippen molar-refractivity contribution in [3.63, 3.8) is 0 Å². The number of nitrogens with zero attached hydrogens (tertiary/aromatic N) is 3. The molecule has 0 bridgehead atoms. The Morgan fingerprint density at radius 3 is 2.90 bits per heavy atom. The Labute approximate surface area is 182 Å². The van der Waals surface area contributed by atoms with Crippen molar-refractivity contribution >= 4 is 11.6 Å². The number of amides is 1. The van der Waals surface area contributed by atoms with Gasteiger partial charge in [0.15, 0.2) is 0 Å². The summed E-state index contributed by atoms with van der Waals surface area (Å²) in [4.78, 5) is 19.7. The number of nitrogens with one attached hydrogen (secondary N) is 1. The summed E-state index contributed by atoms with van der Waals surface area (Å²) in [7, 11) is 0. The van der Waals surface area contributed by atoms with Crippen LogP contribution in [0.2, 0.25) is 0 Å². The number of hydrogen-bond acceptors (Lipinski definition) is 3. The molecule has 2 atom stereocenters. The van der Waals surface area contributed by atoms with Gasteiger partial charge < -0.3 is 9.72 Å². The van der Waals surface area contributed by atoms with Crippen LogP contribution in [0.1, 0.15) is 54.1 Å². The van der Waals surface area contributed by atoms with E-state index < -0.39 is 5.54 Å². The number of aryl methyl sites for hydroxylation is 2. The first kappa shape index (κ1) is 20.2. The van der Waals surface area contributed by atoms with Crippen molar-refractivity contribution < 1.29 is 9.18 Å². The second-order valence-electron chi connectivity index (χ2n) is 9.23. The standard InChI is InChI=1S/C25H29FN4O/c1-17-10-12-30-22(18(2)27-23(30)13-17)15-29-14-20(19-7-3-4-8-21(19)26)25(16-29)11-6-5-9-24(31)28-25/h3-4,7-8,10,12-13,20H,5-6,9,11,14-16H2,1-2H3,(H,28,31)/t20-,25+/m0/s1. The fraction of sp³-hybridized carbons (Fsp3) is 0.440. The average Bonchev–Trinajstić information content (AvgIpc) is 3.14. The summed E-state index contributed by atoms with van der Waals surface area (Å²) in [6.07, 6.45) is 5.37. The predicted molar refractivity (Wildman–Crippen MR) is 118 cm³/mol. The maximum Gasteiger partial charge on any atom is 0.220 e. The summed E-state index contributed by atoms with van der Waals surface area (Å²) in [6, 6.07) is 11.2. The number of carbonyl (C=O) groups is 1. The predicted octanol–water partition coefficient (Wildman–Crippen LogP) is 4.12. The van der Waals surface area contributed by atoms with Crippen LogP contribution in [0.5, 0.6) is 0 Å². The Hall–Kier alpha value is -2.73. The number of imidazole rings is 1. The van der Waals surface area contributed by atoms with Crippen LogP contribution in [0, 0.1) is 19.7 Å². The number of benzene rings is 1. The number of carbonyl (C=O) groups excluding carboxylic acids is 1. The highest BCUT2D eigenvalue weighted by Gasteiger charge is 2.49. The largest absolute Gasteiger partial charge is 0.349 e. The Morgan fingerprint density at radius 2 is 2.06 bits per heavy atom. The summed E-state index contributed by atoms with van der Waals surface area (Å²) in [5.41, 5.74) is 4.58. The number of pyridine rings is 1. The molecule has 1 spiro atoms. The summed E-state index contributed by atoms with van der Waals surface area (Å²) in [5, 5.41) is 3.33. The summed E-state index contributed by atoms with van der Waals surface area (Å²) < 4.78 is 17.0. The molecule has 5 nitrogen and oxygen atoms in total. The molecule has 4 heterocycles. The molecular formula is C25H29FN4O. The van der Waals surface area contributed by atoms with E-state index in [4.69, 9.17) is 4.98 Å². The van der Waals surface area contributed by atoms with Gasteiger partial charge in [0.05, 0.1) is 16.9 Å². The van der Waals surface area contributed by atoms with E-state index in [-0.39, 0.29) is 17.6 Å². The van der Waals surface area contributed by atoms with Gasteiger partial charge in [0, 0.05) is 38.2 Å². The van der Waals surface area contributed by atoms with Crippen LogP contribution in [-0.2, 0) is 11.3 Å². The van der Waals surface area contributed by atoms with Crippen LogP contribution >= 0.6 is 0 Å². The first-order valence-electron chi connectivity index (χ1n) is 11.2. The lowest BCUT2D eigenvalue weighted by Gasteiger charge is -2.35. The van der Waals surface area contributed by atoms with Crippen LogP contribution in [0.3, 0.4) is 0 Å². The average molecular weight is 421 g/mol. The third-order valence-corrected chi connectivity index (χ3v) is 7.01. The highest BCUT2D eigenvalue weighted by Crippen LogP contribution is 2.42. The zero-order valence-corrected chi connectivity index (χ0v) is 18.2. The first-order chi connectivity index (χ1) is 14.9. The molecule has 31 heavy (non-hydrogen) atoms. The first-order valence-corrected chi connectivity index (χ1v) is 11.2. The number of aromatic nitrogens is 2. The highest BCUT2D eigenvalue weighted by atomic mass is 19.1. The molecule has 2 aliphatic heterocycles. The molecule has 1 amide bonds. The van der Waals surface area contributed by atoms with E-state index in [0.29, 0.717) is 18.5 Å². The summed E-state index contributed by atoms with van der Waals surface area (Å²) >= 11 is 0. The van der Waals surface area contributed by atoms with Crippen molar-refractivity contribution in [2.24, 2.45) is 0 Å². The van der Waals surface area contributed by atoms with E-state index >= 15 is 0 Å². The molecule has 0 radical (unpaired) electrons. The minimum Gasteiger partial charge on any atom is -0.349 e. The third-order valence-electron chi connectivity index (χ3n) is 7.01. The molecule has 3 aromatic rings. The molecule has 2 aromatic heterocycles. The van der Waals surface area contributed by atoms with Crippen molar-refractivity contribution in [1.29, 1.82) is 0 Å². The van der Waals surface area contributed by atoms with Gasteiger partial charge in [0.25, 0.3) is 0 Å². The number of halogens is 1. The van der Waals surface area contributed by atoms with Crippen LogP contribution < -0.4 is 5.32 Å². The zero-order chi connectivity index (χ0) is 21.6. The van der Waals surface area contributed by atoms with Gasteiger partial charge in [0.1, 0.15) is 11.5 Å². The van der Waals surface area contributed by atoms with E-state index in [9.17, 15) is 9.18 Å². The lowest BCUT2D eigenvalue weighted by molar-refractivity contribution is -0.122. The number of fused-ring (bicyclic) bond motifs is 1. The number of hydrogen-bond donors (Lipinski definition) is 1. The van der Waals surface area contributed by atoms with Gasteiger partial charge in [0.2, 0.25) is 5.91 Å². The van der Waals surface area contributed by atoms with Gasteiger partial charge in [-0.05, 0) is 56.0 Å². The Bertz CT molecular complexity index is 1140. The van der Waals surface area contributed by atoms with Crippen molar-refractivity contribution in [2.75, 3.05) is 13.1 Å². The van der Waals surface area contributed by atoms with Gasteiger partial charge in [-0.3, -0.25) is 9.69 Å². The molecule has 0 saturated carbocycles. The molecule has 0 aliphatic carbocycles. The van der Waals surface area contributed by atoms with E-state index in [1.807, 2.05) is 19.1 Å². The molecule has 0 unspecified atom stereocenters. The van der Waals surface area contributed by atoms with E-state index in [0.717, 1.165) is 49.4 Å². The molecule has 2 fully saturated rings. The van der Waals surface area contributed by atoms with Crippen molar-refractivity contribution in [3.8, 4) is 0 Å². The molecule has 6 heteroatoms. The lowest BCUT2D eigenvalue weighted by Crippen LogP contribution is -2.52. The number of rotatable bonds is 3. The van der Waals surface area contributed by atoms with E-state index in [2.05, 4.69) is 39.9 Å². The van der Waals surface area contributed by atoms with Gasteiger partial charge >= 0.3 is 0 Å². The SMILES string of the molecule is Cc1ccn2c(CN3C[C@@H](c4ccccc4F)[C@@]4(CCCCC(=O)N4)C3)c(C)nc2c1. The molecule has 2 saturated heterocycles. The highest BCUT2D eigenvalue weighted by molar-refractivity contribution is 5.77. The van der Waals surface area contributed by atoms with Crippen molar-refractivity contribution in [3.05, 3.63) is 70.9 Å². The smallest absolute Gasteiger partial charge is 0.220 e. The lowest BCUT2D eigenvalue weighted by atomic mass is 9.78. The minimum absolute atomic E-state index is 0.0718. The van der Waals surface area contributed by atoms with Crippen molar-refractivity contribution in [1.82, 2.24) is 19.6 Å². The fourth-order valence-electron chi connectivity index (χ4n) is 5.51. The second kappa shape index (κ2) is 7.75. The topological polar surface area (TPSA) is 49.6 Å². The molecule has 162 valence electrons. The molecule has 5 rings (SSSR count). The second-order valence-corrected chi connectivity index (χ2v) is 9.23. The van der Waals surface area contributed by atoms with Gasteiger partial charge in [-0.2, -0.15) is 0 Å². The number of likely N-dealkylation sites (tertiary alicyclic amines) is 1.